The highest BCUT2D eigenvalue weighted by Gasteiger charge is 2.25. The average Bonchev–Trinajstić information content (AvgIpc) is 2.13. The van der Waals surface area contributed by atoms with E-state index in [1.165, 1.54) is 0 Å². The van der Waals surface area contributed by atoms with E-state index in [0.29, 0.717) is 0 Å². The Morgan fingerprint density at radius 2 is 1.31 bits per heavy atom. The molecule has 0 fully saturated rings. The van der Waals surface area contributed by atoms with Gasteiger partial charge in [0.2, 0.25) is 5.39 Å². The summed E-state index contributed by atoms with van der Waals surface area (Å²) in [6.07, 6.45) is 0. The highest BCUT2D eigenvalue weighted by molar-refractivity contribution is 6.51. The van der Waals surface area contributed by atoms with Gasteiger partial charge < -0.3 is 5.11 Å². The van der Waals surface area contributed by atoms with Crippen molar-refractivity contribution in [2.45, 2.75) is 0 Å². The minimum atomic E-state index is -0.689. The molecule has 0 aliphatic heterocycles. The summed E-state index contributed by atoms with van der Waals surface area (Å²) in [7, 11) is 0. The molecule has 68 valence electrons. The van der Waals surface area contributed by atoms with Gasteiger partial charge in [0.1, 0.15) is 0 Å². The van der Waals surface area contributed by atoms with Gasteiger partial charge in [-0.2, -0.15) is 0 Å². The van der Waals surface area contributed by atoms with Gasteiger partial charge in [0, 0.05) is 0 Å². The predicted molar refractivity (Wildman–Crippen MR) is 50.7 cm³/mol. The first kappa shape index (κ1) is 10.7. The molecule has 0 bridgehead atoms. The Hall–Kier alpha value is -0.400. The fourth-order valence-corrected chi connectivity index (χ4v) is 1.59. The molecule has 1 rings (SSSR count). The Morgan fingerprint density at radius 3 is 1.62 bits per heavy atom. The van der Waals surface area contributed by atoms with E-state index in [-0.39, 0.29) is 25.8 Å². The molecule has 7 heteroatoms. The fourth-order valence-electron chi connectivity index (χ4n) is 0.688. The first-order valence-corrected chi connectivity index (χ1v) is 4.40. The number of hydrogen-bond donors (Lipinski definition) is 0. The molecule has 0 unspecified atom stereocenters. The quantitative estimate of drug-likeness (QED) is 0.524. The van der Waals surface area contributed by atoms with Crippen LogP contribution in [0.5, 0.6) is 5.75 Å². The Balaban J connectivity index is 3.69. The number of halogens is 4. The van der Waals surface area contributed by atoms with E-state index in [4.69, 9.17) is 51.8 Å². The van der Waals surface area contributed by atoms with E-state index in [2.05, 4.69) is 4.98 Å². The molecule has 0 spiro atoms. The number of benzene rings is 1. The second kappa shape index (κ2) is 3.77. The summed E-state index contributed by atoms with van der Waals surface area (Å²) in [5.41, 5.74) is -0.210. The number of rotatable bonds is 0. The van der Waals surface area contributed by atoms with Crippen LogP contribution in [0, 0.1) is 5.39 Å². The summed E-state index contributed by atoms with van der Waals surface area (Å²) >= 11 is 22.1. The van der Waals surface area contributed by atoms with Crippen LogP contribution in [0.2, 0.25) is 20.1 Å². The first-order chi connectivity index (χ1) is 6.00. The lowest BCUT2D eigenvalue weighted by atomic mass is 10.3. The molecule has 1 aromatic rings. The first-order valence-electron chi connectivity index (χ1n) is 2.88. The molecule has 0 heterocycles. The molecule has 0 atom stereocenters. The molecule has 0 saturated carbocycles. The Labute approximate surface area is 93.4 Å². The van der Waals surface area contributed by atoms with Crippen molar-refractivity contribution in [1.82, 2.24) is 0 Å². The SMILES string of the molecule is N#[N+]c1c(Cl)c(Cl)c([O-])c(Cl)c1Cl. The van der Waals surface area contributed by atoms with Crippen molar-refractivity contribution in [2.24, 2.45) is 0 Å². The summed E-state index contributed by atoms with van der Waals surface area (Å²) in [4.78, 5) is 2.76. The highest BCUT2D eigenvalue weighted by atomic mass is 35.5. The lowest BCUT2D eigenvalue weighted by molar-refractivity contribution is -0.267. The summed E-state index contributed by atoms with van der Waals surface area (Å²) in [6, 6.07) is 0. The largest absolute Gasteiger partial charge is 0.870 e. The van der Waals surface area contributed by atoms with Gasteiger partial charge in [-0.25, -0.2) is 0 Å². The predicted octanol–water partition coefficient (Wildman–Crippen LogP) is 3.86. The Morgan fingerprint density at radius 1 is 0.923 bits per heavy atom. The van der Waals surface area contributed by atoms with E-state index in [1.54, 1.807) is 0 Å². The van der Waals surface area contributed by atoms with Crippen molar-refractivity contribution >= 4 is 52.1 Å². The van der Waals surface area contributed by atoms with Crippen LogP contribution >= 0.6 is 46.4 Å². The zero-order valence-corrected chi connectivity index (χ0v) is 8.84. The molecule has 13 heavy (non-hydrogen) atoms. The van der Waals surface area contributed by atoms with E-state index in [9.17, 15) is 5.11 Å². The summed E-state index contributed by atoms with van der Waals surface area (Å²) in [5, 5.41) is 18.5. The van der Waals surface area contributed by atoms with Crippen LogP contribution in [0.1, 0.15) is 0 Å². The molecular formula is C6Cl4N2O. The molecule has 0 aliphatic carbocycles. The Bertz CT molecular complexity index is 383. The van der Waals surface area contributed by atoms with Gasteiger partial charge in [-0.05, 0) is 0 Å². The average molecular weight is 258 g/mol. The zero-order chi connectivity index (χ0) is 10.2. The molecule has 0 aromatic heterocycles. The van der Waals surface area contributed by atoms with Gasteiger partial charge in [-0.1, -0.05) is 52.2 Å². The number of hydrogen-bond acceptors (Lipinski definition) is 2. The molecule has 0 amide bonds. The van der Waals surface area contributed by atoms with E-state index >= 15 is 0 Å². The van der Waals surface area contributed by atoms with Crippen LogP contribution in [-0.4, -0.2) is 0 Å². The normalized spacial score (nSPS) is 9.77. The van der Waals surface area contributed by atoms with Crippen LogP contribution < -0.4 is 5.11 Å². The van der Waals surface area contributed by atoms with Crippen molar-refractivity contribution < 1.29 is 5.11 Å². The Kier molecular flexibility index (Phi) is 3.09. The second-order valence-electron chi connectivity index (χ2n) is 2.03. The van der Waals surface area contributed by atoms with Gasteiger partial charge in [0.25, 0.3) is 0 Å². The third-order valence-electron chi connectivity index (χ3n) is 1.30. The minimum Gasteiger partial charge on any atom is -0.870 e. The lowest BCUT2D eigenvalue weighted by Crippen LogP contribution is -1.93. The standard InChI is InChI=1S/C6Cl4N2O/c7-1-3(9)6(13)4(10)2(8)5(1)12-11. The maximum absolute atomic E-state index is 11.1. The van der Waals surface area contributed by atoms with Gasteiger partial charge in [-0.15, -0.1) is 0 Å². The monoisotopic (exact) mass is 256 g/mol. The van der Waals surface area contributed by atoms with Crippen molar-refractivity contribution in [2.75, 3.05) is 0 Å². The maximum Gasteiger partial charge on any atom is 0.424 e. The lowest BCUT2D eigenvalue weighted by Gasteiger charge is -2.11. The topological polar surface area (TPSA) is 51.2 Å². The van der Waals surface area contributed by atoms with Crippen molar-refractivity contribution in [3.05, 3.63) is 25.1 Å². The molecule has 0 N–H and O–H groups in total. The number of diazo groups is 1. The molecular weight excluding hydrogens is 258 g/mol. The smallest absolute Gasteiger partial charge is 0.424 e. The van der Waals surface area contributed by atoms with Crippen LogP contribution in [0.15, 0.2) is 0 Å². The molecule has 1 aromatic carbocycles. The van der Waals surface area contributed by atoms with Gasteiger partial charge >= 0.3 is 5.69 Å². The van der Waals surface area contributed by atoms with E-state index < -0.39 is 5.75 Å². The third kappa shape index (κ3) is 1.63. The van der Waals surface area contributed by atoms with Crippen LogP contribution in [0.4, 0.5) is 5.69 Å². The molecule has 0 saturated heterocycles. The minimum absolute atomic E-state index is 0.210. The molecule has 0 aliphatic rings. The second-order valence-corrected chi connectivity index (χ2v) is 3.55. The van der Waals surface area contributed by atoms with Gasteiger partial charge in [0.15, 0.2) is 15.0 Å². The maximum atomic E-state index is 11.1. The van der Waals surface area contributed by atoms with Crippen molar-refractivity contribution in [1.29, 1.82) is 5.39 Å². The molecule has 3 nitrogen and oxygen atoms in total. The van der Waals surface area contributed by atoms with Gasteiger partial charge in [-0.3, -0.25) is 0 Å². The van der Waals surface area contributed by atoms with E-state index in [0.717, 1.165) is 0 Å². The van der Waals surface area contributed by atoms with Gasteiger partial charge in [0.05, 0.1) is 10.0 Å². The summed E-state index contributed by atoms with van der Waals surface area (Å²) in [5.74, 6) is -0.689. The van der Waals surface area contributed by atoms with Crippen molar-refractivity contribution in [3.8, 4) is 5.75 Å². The third-order valence-corrected chi connectivity index (χ3v) is 2.95. The fraction of sp³-hybridized carbons (Fsp3) is 0. The molecule has 0 radical (unpaired) electrons. The van der Waals surface area contributed by atoms with Crippen LogP contribution in [-0.2, 0) is 0 Å². The van der Waals surface area contributed by atoms with Crippen molar-refractivity contribution in [3.63, 3.8) is 0 Å². The van der Waals surface area contributed by atoms with E-state index in [1.807, 2.05) is 0 Å². The number of nitrogens with zero attached hydrogens (tertiary/aromatic N) is 2. The summed E-state index contributed by atoms with van der Waals surface area (Å²) in [6.45, 7) is 0. The summed E-state index contributed by atoms with van der Waals surface area (Å²) < 4.78 is 0. The van der Waals surface area contributed by atoms with Crippen LogP contribution in [0.25, 0.3) is 4.98 Å². The highest BCUT2D eigenvalue weighted by Crippen LogP contribution is 2.48. The van der Waals surface area contributed by atoms with Crippen LogP contribution in [0.3, 0.4) is 0 Å². The zero-order valence-electron chi connectivity index (χ0n) is 5.81.